The predicted octanol–water partition coefficient (Wildman–Crippen LogP) is 1.08. The Hall–Kier alpha value is -6.35. The Labute approximate surface area is 395 Å². The molecule has 0 saturated carbocycles. The van der Waals surface area contributed by atoms with Crippen LogP contribution in [-0.4, -0.2) is 195 Å². The van der Waals surface area contributed by atoms with Crippen LogP contribution in [0.2, 0.25) is 0 Å². The minimum atomic E-state index is -1.28. The number of benzene rings is 2. The molecule has 20 heteroatoms. The molecule has 3 atom stereocenters. The number of amides is 4. The van der Waals surface area contributed by atoms with Crippen molar-refractivity contribution in [2.75, 3.05) is 78.5 Å². The van der Waals surface area contributed by atoms with E-state index in [-0.39, 0.29) is 89.4 Å². The fourth-order valence-corrected chi connectivity index (χ4v) is 8.31. The van der Waals surface area contributed by atoms with E-state index in [1.54, 1.807) is 64.4 Å². The summed E-state index contributed by atoms with van der Waals surface area (Å²) in [5.41, 5.74) is 1.69. The second kappa shape index (κ2) is 27.5. The molecule has 6 N–H and O–H groups in total. The monoisotopic (exact) mass is 947 g/mol. The predicted molar refractivity (Wildman–Crippen MR) is 247 cm³/mol. The lowest BCUT2D eigenvalue weighted by Crippen LogP contribution is -2.53. The molecule has 0 aromatic heterocycles. The van der Waals surface area contributed by atoms with Crippen molar-refractivity contribution in [1.82, 2.24) is 35.1 Å². The van der Waals surface area contributed by atoms with Crippen molar-refractivity contribution < 1.29 is 63.6 Å². The molecule has 2 aliphatic heterocycles. The highest BCUT2D eigenvalue weighted by Crippen LogP contribution is 2.16. The lowest BCUT2D eigenvalue weighted by Gasteiger charge is -2.38. The lowest BCUT2D eigenvalue weighted by atomic mass is 9.98. The van der Waals surface area contributed by atoms with Gasteiger partial charge in [-0.3, -0.25) is 58.0 Å². The number of carbonyl (C=O) groups excluding carboxylic acids is 5. The van der Waals surface area contributed by atoms with Crippen LogP contribution in [0.5, 0.6) is 0 Å². The fraction of sp³-hybridized carbons (Fsp3) is 0.521. The number of hydrogen-bond acceptors (Lipinski definition) is 13. The zero-order chi connectivity index (χ0) is 49.8. The van der Waals surface area contributed by atoms with Gasteiger partial charge in [0, 0.05) is 95.5 Å². The van der Waals surface area contributed by atoms with Crippen LogP contribution in [0.15, 0.2) is 66.7 Å². The molecule has 2 aromatic carbocycles. The molecule has 3 unspecified atom stereocenters. The first kappa shape index (κ1) is 54.3. The number of imide groups is 1. The average Bonchev–Trinajstić information content (AvgIpc) is 3.60. The maximum atomic E-state index is 13.8. The summed E-state index contributed by atoms with van der Waals surface area (Å²) in [5.74, 6) is -6.72. The minimum Gasteiger partial charge on any atom is -0.480 e. The van der Waals surface area contributed by atoms with E-state index < -0.39 is 71.4 Å². The number of nitrogens with zero attached hydrogens (tertiary/aromatic N) is 5. The number of Topliss-reactive ketones (excluding diaryl/α,β-unsaturated/α-hetero) is 1. The van der Waals surface area contributed by atoms with E-state index in [9.17, 15) is 63.6 Å². The van der Waals surface area contributed by atoms with Gasteiger partial charge >= 0.3 is 23.9 Å². The molecule has 20 nitrogen and oxygen atoms in total. The molecule has 2 aromatic rings. The molecule has 0 bridgehead atoms. The molecule has 370 valence electrons. The summed E-state index contributed by atoms with van der Waals surface area (Å²) in [6, 6.07) is 12.7. The van der Waals surface area contributed by atoms with Crippen LogP contribution in [0, 0.1) is 5.92 Å². The van der Waals surface area contributed by atoms with E-state index in [4.69, 9.17) is 0 Å². The van der Waals surface area contributed by atoms with Gasteiger partial charge in [-0.15, -0.1) is 0 Å². The smallest absolute Gasteiger partial charge is 0.326 e. The lowest BCUT2D eigenvalue weighted by molar-refractivity contribution is -0.142. The highest BCUT2D eigenvalue weighted by atomic mass is 16.4. The number of ketones is 1. The molecule has 2 aliphatic rings. The number of aliphatic carboxylic acids is 4. The molecule has 1 saturated heterocycles. The highest BCUT2D eigenvalue weighted by molar-refractivity contribution is 6.12. The van der Waals surface area contributed by atoms with Crippen molar-refractivity contribution in [3.05, 3.63) is 83.4 Å². The summed E-state index contributed by atoms with van der Waals surface area (Å²) in [7, 11) is 0. The standard InChI is InChI=1S/C48H65N7O13/c1-33(2)28-51-20-21-52(30-44(60)61)22-23-53(31-45(62)63)29-37(54(25-24-51)32-46(64)65)26-35-11-13-36(14-12-35)47(66)50-39(27-34-8-4-3-5-9-34)40(56)15-16-41(57)49-38(48(67)68)10-6-7-19-55-42(58)17-18-43(55)59/h3-5,8-9,11-14,17-18,33,37-39H,6-7,10,15-16,19-32H2,1-2H3,(H,49,57)(H,50,66)(H,60,61)(H,62,63)(H,64,65)(H,67,68). The highest BCUT2D eigenvalue weighted by Gasteiger charge is 2.29. The van der Waals surface area contributed by atoms with Crippen molar-refractivity contribution in [1.29, 1.82) is 0 Å². The van der Waals surface area contributed by atoms with Gasteiger partial charge in [-0.1, -0.05) is 56.3 Å². The van der Waals surface area contributed by atoms with E-state index >= 15 is 0 Å². The first-order valence-corrected chi connectivity index (χ1v) is 22.9. The Bertz CT molecular complexity index is 2080. The number of carboxylic acid groups (broad SMARTS) is 4. The molecule has 0 spiro atoms. The molecule has 4 rings (SSSR count). The second-order valence-corrected chi connectivity index (χ2v) is 17.7. The van der Waals surface area contributed by atoms with Crippen LogP contribution in [0.1, 0.15) is 67.4 Å². The topological polar surface area (TPSA) is 275 Å². The van der Waals surface area contributed by atoms with Crippen molar-refractivity contribution >= 4 is 53.3 Å². The first-order valence-electron chi connectivity index (χ1n) is 22.9. The Kier molecular flexibility index (Phi) is 21.9. The largest absolute Gasteiger partial charge is 0.480 e. The van der Waals surface area contributed by atoms with Crippen LogP contribution in [-0.2, 0) is 51.2 Å². The van der Waals surface area contributed by atoms with Gasteiger partial charge in [0.15, 0.2) is 5.78 Å². The Morgan fingerprint density at radius 1 is 0.647 bits per heavy atom. The van der Waals surface area contributed by atoms with Crippen LogP contribution < -0.4 is 10.6 Å². The third-order valence-electron chi connectivity index (χ3n) is 11.8. The van der Waals surface area contributed by atoms with Crippen LogP contribution >= 0.6 is 0 Å². The number of rotatable bonds is 25. The van der Waals surface area contributed by atoms with Crippen molar-refractivity contribution in [2.45, 2.75) is 76.9 Å². The maximum Gasteiger partial charge on any atom is 0.326 e. The average molecular weight is 948 g/mol. The molecule has 2 heterocycles. The summed E-state index contributed by atoms with van der Waals surface area (Å²) in [5, 5.41) is 44.4. The van der Waals surface area contributed by atoms with E-state index in [1.165, 1.54) is 0 Å². The normalized spacial score (nSPS) is 17.8. The number of hydrogen-bond donors (Lipinski definition) is 6. The van der Waals surface area contributed by atoms with Gasteiger partial charge in [-0.25, -0.2) is 4.79 Å². The van der Waals surface area contributed by atoms with Gasteiger partial charge in [-0.05, 0) is 61.3 Å². The van der Waals surface area contributed by atoms with Crippen molar-refractivity contribution in [2.24, 2.45) is 5.92 Å². The fourth-order valence-electron chi connectivity index (χ4n) is 8.31. The summed E-state index contributed by atoms with van der Waals surface area (Å²) in [4.78, 5) is 120. The molecule has 4 amide bonds. The van der Waals surface area contributed by atoms with Crippen LogP contribution in [0.25, 0.3) is 0 Å². The second-order valence-electron chi connectivity index (χ2n) is 17.7. The van der Waals surface area contributed by atoms with Crippen LogP contribution in [0.4, 0.5) is 0 Å². The number of unbranched alkanes of at least 4 members (excludes halogenated alkanes) is 1. The quantitative estimate of drug-likeness (QED) is 0.0600. The molecular formula is C48H65N7O13. The van der Waals surface area contributed by atoms with Gasteiger partial charge in [0.05, 0.1) is 25.7 Å². The third-order valence-corrected chi connectivity index (χ3v) is 11.8. The van der Waals surface area contributed by atoms with E-state index in [0.717, 1.165) is 28.2 Å². The Morgan fingerprint density at radius 2 is 1.24 bits per heavy atom. The maximum absolute atomic E-state index is 13.8. The first-order chi connectivity index (χ1) is 32.4. The van der Waals surface area contributed by atoms with Crippen molar-refractivity contribution in [3.63, 3.8) is 0 Å². The minimum absolute atomic E-state index is 0.0286. The van der Waals surface area contributed by atoms with Gasteiger partial charge in [0.2, 0.25) is 5.91 Å². The SMILES string of the molecule is CC(C)CN1CCN(CC(=O)O)CCN(CC(=O)O)CC(Cc2ccc(C(=O)NC(Cc3ccccc3)C(=O)CCC(=O)NC(CCCCN3C(=O)C=CC3=O)C(=O)O)cc2)N(CC(=O)O)CC1. The molecule has 1 fully saturated rings. The van der Waals surface area contributed by atoms with E-state index in [1.807, 2.05) is 4.90 Å². The summed E-state index contributed by atoms with van der Waals surface area (Å²) in [6.45, 7) is 6.56. The zero-order valence-corrected chi connectivity index (χ0v) is 38.8. The van der Waals surface area contributed by atoms with E-state index in [2.05, 4.69) is 29.4 Å². The van der Waals surface area contributed by atoms with Gasteiger partial charge in [-0.2, -0.15) is 0 Å². The Morgan fingerprint density at radius 3 is 1.84 bits per heavy atom. The van der Waals surface area contributed by atoms with Crippen molar-refractivity contribution in [3.8, 4) is 0 Å². The molecular weight excluding hydrogens is 883 g/mol. The number of carboxylic acids is 4. The zero-order valence-electron chi connectivity index (χ0n) is 38.8. The molecule has 68 heavy (non-hydrogen) atoms. The number of carbonyl (C=O) groups is 9. The van der Waals surface area contributed by atoms with Gasteiger partial charge < -0.3 is 36.0 Å². The molecule has 0 radical (unpaired) electrons. The van der Waals surface area contributed by atoms with E-state index in [0.29, 0.717) is 45.6 Å². The summed E-state index contributed by atoms with van der Waals surface area (Å²) >= 11 is 0. The van der Waals surface area contributed by atoms with Gasteiger partial charge in [0.25, 0.3) is 17.7 Å². The summed E-state index contributed by atoms with van der Waals surface area (Å²) in [6.07, 6.45) is 2.71. The van der Waals surface area contributed by atoms with Gasteiger partial charge in [0.1, 0.15) is 6.04 Å². The van der Waals surface area contributed by atoms with Crippen LogP contribution in [0.3, 0.4) is 0 Å². The Balaban J connectivity index is 1.46. The molecule has 0 aliphatic carbocycles. The number of nitrogens with one attached hydrogen (secondary N) is 2. The third kappa shape index (κ3) is 19.1. The summed E-state index contributed by atoms with van der Waals surface area (Å²) < 4.78 is 0.